The van der Waals surface area contributed by atoms with Crippen LogP contribution in [-0.2, 0) is 16.6 Å². The van der Waals surface area contributed by atoms with Crippen LogP contribution in [0.1, 0.15) is 29.6 Å². The van der Waals surface area contributed by atoms with Crippen molar-refractivity contribution in [2.24, 2.45) is 12.5 Å². The summed E-state index contributed by atoms with van der Waals surface area (Å²) in [7, 11) is 3.30. The van der Waals surface area contributed by atoms with Crippen LogP contribution >= 0.6 is 0 Å². The maximum atomic E-state index is 12.4. The van der Waals surface area contributed by atoms with Gasteiger partial charge in [0, 0.05) is 40.1 Å². The van der Waals surface area contributed by atoms with Crippen molar-refractivity contribution in [3.63, 3.8) is 0 Å². The number of carbonyl (C=O) groups excluding carboxylic acids is 1. The molecule has 0 radical (unpaired) electrons. The number of hydrogen-bond donors (Lipinski definition) is 1. The molecule has 2 heterocycles. The minimum Gasteiger partial charge on any atom is -0.481 e. The number of hydrogen-bond acceptors (Lipinski definition) is 4. The van der Waals surface area contributed by atoms with E-state index in [1.54, 1.807) is 29.9 Å². The number of nitrogens with zero attached hydrogens (tertiary/aromatic N) is 3. The molecule has 1 aromatic heterocycles. The number of carbonyl (C=O) groups is 2. The van der Waals surface area contributed by atoms with Crippen molar-refractivity contribution in [2.75, 3.05) is 26.8 Å². The van der Waals surface area contributed by atoms with E-state index in [9.17, 15) is 14.7 Å². The van der Waals surface area contributed by atoms with E-state index in [1.807, 2.05) is 0 Å². The number of methoxy groups -OCH3 is 1. The predicted molar refractivity (Wildman–Crippen MR) is 74.9 cm³/mol. The summed E-state index contributed by atoms with van der Waals surface area (Å²) in [4.78, 5) is 25.7. The molecule has 1 fully saturated rings. The largest absolute Gasteiger partial charge is 0.481 e. The van der Waals surface area contributed by atoms with Gasteiger partial charge in [0.1, 0.15) is 0 Å². The summed E-state index contributed by atoms with van der Waals surface area (Å²) in [5.74, 6) is -1.02. The number of aliphatic carboxylic acids is 1. The third-order valence-electron chi connectivity index (χ3n) is 4.05. The van der Waals surface area contributed by atoms with Gasteiger partial charge in [0.05, 0.1) is 17.2 Å². The molecule has 116 valence electrons. The fourth-order valence-electron chi connectivity index (χ4n) is 2.80. The van der Waals surface area contributed by atoms with Crippen molar-refractivity contribution in [3.05, 3.63) is 18.0 Å². The van der Waals surface area contributed by atoms with Crippen LogP contribution in [0.2, 0.25) is 0 Å². The van der Waals surface area contributed by atoms with Crippen LogP contribution in [0.5, 0.6) is 0 Å². The molecule has 1 saturated heterocycles. The Bertz CT molecular complexity index is 528. The Morgan fingerprint density at radius 2 is 2.29 bits per heavy atom. The Morgan fingerprint density at radius 3 is 2.86 bits per heavy atom. The van der Waals surface area contributed by atoms with Crippen LogP contribution in [0.15, 0.2) is 12.4 Å². The minimum absolute atomic E-state index is 0.161. The fourth-order valence-corrected chi connectivity index (χ4v) is 2.80. The molecular formula is C14H21N3O4. The number of ether oxygens (including phenoxy) is 1. The highest BCUT2D eigenvalue weighted by atomic mass is 16.5. The lowest BCUT2D eigenvalue weighted by atomic mass is 9.77. The van der Waals surface area contributed by atoms with E-state index >= 15 is 0 Å². The molecule has 1 N–H and O–H groups in total. The van der Waals surface area contributed by atoms with E-state index in [4.69, 9.17) is 4.74 Å². The Balaban J connectivity index is 2.14. The predicted octanol–water partition coefficient (Wildman–Crippen LogP) is 0.764. The van der Waals surface area contributed by atoms with Crippen molar-refractivity contribution in [1.82, 2.24) is 14.7 Å². The lowest BCUT2D eigenvalue weighted by Gasteiger charge is -2.39. The SMILES string of the molecule is COCC[C@]1(C(=O)O)CCCN(C(=O)c2cnn(C)c2)C1. The van der Waals surface area contributed by atoms with Gasteiger partial charge in [-0.05, 0) is 19.3 Å². The quantitative estimate of drug-likeness (QED) is 0.867. The van der Waals surface area contributed by atoms with E-state index in [-0.39, 0.29) is 12.5 Å². The zero-order valence-corrected chi connectivity index (χ0v) is 12.4. The molecule has 0 spiro atoms. The summed E-state index contributed by atoms with van der Waals surface area (Å²) in [5, 5.41) is 13.6. The van der Waals surface area contributed by atoms with Crippen LogP contribution in [0, 0.1) is 5.41 Å². The topological polar surface area (TPSA) is 84.7 Å². The molecule has 0 aliphatic carbocycles. The van der Waals surface area contributed by atoms with Gasteiger partial charge in [0.15, 0.2) is 0 Å². The molecule has 0 aromatic carbocycles. The summed E-state index contributed by atoms with van der Waals surface area (Å²) < 4.78 is 6.59. The molecule has 1 aliphatic heterocycles. The lowest BCUT2D eigenvalue weighted by molar-refractivity contribution is -0.153. The second kappa shape index (κ2) is 6.26. The molecule has 2 rings (SSSR count). The van der Waals surface area contributed by atoms with Gasteiger partial charge < -0.3 is 14.7 Å². The molecule has 7 nitrogen and oxygen atoms in total. The molecule has 1 aliphatic rings. The van der Waals surface area contributed by atoms with E-state index in [0.29, 0.717) is 38.0 Å². The highest BCUT2D eigenvalue weighted by Gasteiger charge is 2.43. The second-order valence-corrected chi connectivity index (χ2v) is 5.56. The molecule has 0 saturated carbocycles. The van der Waals surface area contributed by atoms with E-state index in [2.05, 4.69) is 5.10 Å². The number of aryl methyl sites for hydroxylation is 1. The number of amides is 1. The molecule has 1 atom stereocenters. The number of rotatable bonds is 5. The first-order valence-electron chi connectivity index (χ1n) is 6.99. The molecule has 21 heavy (non-hydrogen) atoms. The van der Waals surface area contributed by atoms with Gasteiger partial charge in [0.25, 0.3) is 5.91 Å². The standard InChI is InChI=1S/C14H21N3O4/c1-16-9-11(8-15-16)12(18)17-6-3-4-14(10-17,13(19)20)5-7-21-2/h8-9H,3-7,10H2,1-2H3,(H,19,20)/t14-/m1/s1. The van der Waals surface area contributed by atoms with Crippen molar-refractivity contribution < 1.29 is 19.4 Å². The van der Waals surface area contributed by atoms with Crippen molar-refractivity contribution in [3.8, 4) is 0 Å². The summed E-state index contributed by atoms with van der Waals surface area (Å²) in [6, 6.07) is 0. The zero-order chi connectivity index (χ0) is 15.5. The van der Waals surface area contributed by atoms with Gasteiger partial charge >= 0.3 is 5.97 Å². The maximum absolute atomic E-state index is 12.4. The third-order valence-corrected chi connectivity index (χ3v) is 4.05. The van der Waals surface area contributed by atoms with Crippen LogP contribution in [0.3, 0.4) is 0 Å². The van der Waals surface area contributed by atoms with Crippen LogP contribution in [0.4, 0.5) is 0 Å². The maximum Gasteiger partial charge on any atom is 0.311 e. The summed E-state index contributed by atoms with van der Waals surface area (Å²) in [6.07, 6.45) is 4.82. The zero-order valence-electron chi connectivity index (χ0n) is 12.4. The molecule has 7 heteroatoms. The van der Waals surface area contributed by atoms with Gasteiger partial charge in [-0.2, -0.15) is 5.10 Å². The second-order valence-electron chi connectivity index (χ2n) is 5.56. The number of aromatic nitrogens is 2. The smallest absolute Gasteiger partial charge is 0.311 e. The van der Waals surface area contributed by atoms with Crippen LogP contribution in [0.25, 0.3) is 0 Å². The van der Waals surface area contributed by atoms with Crippen molar-refractivity contribution in [2.45, 2.75) is 19.3 Å². The van der Waals surface area contributed by atoms with Gasteiger partial charge in [0.2, 0.25) is 0 Å². The molecule has 1 aromatic rings. The minimum atomic E-state index is -0.911. The normalized spacial score (nSPS) is 22.3. The lowest BCUT2D eigenvalue weighted by Crippen LogP contribution is -2.50. The fraction of sp³-hybridized carbons (Fsp3) is 0.643. The third kappa shape index (κ3) is 3.24. The Morgan fingerprint density at radius 1 is 1.52 bits per heavy atom. The van der Waals surface area contributed by atoms with E-state index < -0.39 is 11.4 Å². The van der Waals surface area contributed by atoms with E-state index in [0.717, 1.165) is 0 Å². The van der Waals surface area contributed by atoms with Gasteiger partial charge in [-0.25, -0.2) is 0 Å². The molecular weight excluding hydrogens is 274 g/mol. The molecule has 1 amide bonds. The Labute approximate surface area is 123 Å². The summed E-state index contributed by atoms with van der Waals surface area (Å²) in [6.45, 7) is 1.18. The Hall–Kier alpha value is -1.89. The molecule has 0 unspecified atom stereocenters. The summed E-state index contributed by atoms with van der Waals surface area (Å²) in [5.41, 5.74) is -0.419. The highest BCUT2D eigenvalue weighted by molar-refractivity contribution is 5.94. The average Bonchev–Trinajstić information content (AvgIpc) is 2.91. The number of piperidine rings is 1. The van der Waals surface area contributed by atoms with E-state index in [1.165, 1.54) is 6.20 Å². The number of carboxylic acid groups (broad SMARTS) is 1. The van der Waals surface area contributed by atoms with Crippen LogP contribution < -0.4 is 0 Å². The monoisotopic (exact) mass is 295 g/mol. The number of carboxylic acids is 1. The number of likely N-dealkylation sites (tertiary alicyclic amines) is 1. The first-order valence-corrected chi connectivity index (χ1v) is 6.99. The Kier molecular flexibility index (Phi) is 4.62. The van der Waals surface area contributed by atoms with Gasteiger partial charge in [-0.15, -0.1) is 0 Å². The van der Waals surface area contributed by atoms with Gasteiger partial charge in [-0.1, -0.05) is 0 Å². The molecule has 0 bridgehead atoms. The summed E-state index contributed by atoms with van der Waals surface area (Å²) >= 11 is 0. The average molecular weight is 295 g/mol. The van der Waals surface area contributed by atoms with Crippen LogP contribution in [-0.4, -0.2) is 58.5 Å². The van der Waals surface area contributed by atoms with Gasteiger partial charge in [-0.3, -0.25) is 14.3 Å². The first kappa shape index (κ1) is 15.5. The highest BCUT2D eigenvalue weighted by Crippen LogP contribution is 2.34. The van der Waals surface area contributed by atoms with Crippen molar-refractivity contribution >= 4 is 11.9 Å². The van der Waals surface area contributed by atoms with Crippen molar-refractivity contribution in [1.29, 1.82) is 0 Å². The first-order chi connectivity index (χ1) is 9.98.